The summed E-state index contributed by atoms with van der Waals surface area (Å²) in [6.45, 7) is 19.9. The van der Waals surface area contributed by atoms with Crippen molar-refractivity contribution in [2.75, 3.05) is 0 Å². The first-order chi connectivity index (χ1) is 9.46. The molecule has 0 aromatic carbocycles. The molecule has 2 atom stereocenters. The molecule has 3 heteroatoms. The van der Waals surface area contributed by atoms with Gasteiger partial charge in [0, 0.05) is 0 Å². The van der Waals surface area contributed by atoms with E-state index >= 15 is 0 Å². The molecule has 2 nitrogen and oxygen atoms in total. The molecule has 0 spiro atoms. The van der Waals surface area contributed by atoms with Gasteiger partial charge in [0.15, 0.2) is 8.32 Å². The van der Waals surface area contributed by atoms with Crippen LogP contribution in [0.2, 0.25) is 18.1 Å². The molecule has 0 rings (SSSR count). The van der Waals surface area contributed by atoms with Crippen molar-refractivity contribution in [2.24, 2.45) is 5.92 Å². The number of carbonyl (C=O) groups is 1. The fourth-order valence-corrected chi connectivity index (χ4v) is 3.48. The van der Waals surface area contributed by atoms with Gasteiger partial charge in [-0.25, -0.2) is 0 Å². The van der Waals surface area contributed by atoms with E-state index in [9.17, 15) is 4.79 Å². The summed E-state index contributed by atoms with van der Waals surface area (Å²) in [5, 5.41) is 0.228. The molecule has 0 heterocycles. The molecule has 0 N–H and O–H groups in total. The SMILES string of the molecule is CC[C@H](O[Si](C)(C)C(C)(C)C)[C@H](C)/C=C(C)/C(C)=C/C=O. The predicted molar refractivity (Wildman–Crippen MR) is 95.1 cm³/mol. The van der Waals surface area contributed by atoms with Gasteiger partial charge >= 0.3 is 0 Å². The van der Waals surface area contributed by atoms with E-state index in [0.717, 1.165) is 23.9 Å². The first kappa shape index (κ1) is 20.3. The zero-order valence-corrected chi connectivity index (χ0v) is 16.4. The first-order valence-electron chi connectivity index (χ1n) is 7.95. The summed E-state index contributed by atoms with van der Waals surface area (Å²) in [6, 6.07) is 0. The maximum Gasteiger partial charge on any atom is 0.192 e. The summed E-state index contributed by atoms with van der Waals surface area (Å²) in [5.74, 6) is 0.346. The molecule has 0 amide bonds. The Kier molecular flexibility index (Phi) is 7.83. The second-order valence-corrected chi connectivity index (χ2v) is 12.3. The van der Waals surface area contributed by atoms with Gasteiger partial charge in [0.25, 0.3) is 0 Å². The Morgan fingerprint density at radius 1 is 1.19 bits per heavy atom. The summed E-state index contributed by atoms with van der Waals surface area (Å²) >= 11 is 0. The summed E-state index contributed by atoms with van der Waals surface area (Å²) in [5.41, 5.74) is 2.19. The van der Waals surface area contributed by atoms with E-state index in [2.05, 4.69) is 60.7 Å². The average Bonchev–Trinajstić information content (AvgIpc) is 2.34. The summed E-state index contributed by atoms with van der Waals surface area (Å²) < 4.78 is 6.56. The monoisotopic (exact) mass is 310 g/mol. The Hall–Kier alpha value is -0.673. The lowest BCUT2D eigenvalue weighted by atomic mass is 9.97. The van der Waals surface area contributed by atoms with Crippen molar-refractivity contribution in [1.82, 2.24) is 0 Å². The summed E-state index contributed by atoms with van der Waals surface area (Å²) in [6.07, 6.45) is 5.95. The number of hydrogen-bond donors (Lipinski definition) is 0. The van der Waals surface area contributed by atoms with Crippen molar-refractivity contribution in [1.29, 1.82) is 0 Å². The molecule has 0 bridgehead atoms. The van der Waals surface area contributed by atoms with Crippen LogP contribution in [-0.2, 0) is 9.22 Å². The van der Waals surface area contributed by atoms with Crippen LogP contribution in [0.1, 0.15) is 54.9 Å². The first-order valence-corrected chi connectivity index (χ1v) is 10.9. The molecule has 0 aromatic rings. The van der Waals surface area contributed by atoms with Crippen LogP contribution < -0.4 is 0 Å². The molecule has 0 fully saturated rings. The summed E-state index contributed by atoms with van der Waals surface area (Å²) in [4.78, 5) is 10.6. The van der Waals surface area contributed by atoms with E-state index in [4.69, 9.17) is 4.43 Å². The second kappa shape index (κ2) is 8.09. The van der Waals surface area contributed by atoms with Crippen LogP contribution in [0.5, 0.6) is 0 Å². The Labute approximate surface area is 132 Å². The van der Waals surface area contributed by atoms with Crippen LogP contribution in [0.25, 0.3) is 0 Å². The molecule has 0 aliphatic heterocycles. The number of aldehydes is 1. The van der Waals surface area contributed by atoms with Gasteiger partial charge in [0.2, 0.25) is 0 Å². The van der Waals surface area contributed by atoms with Gasteiger partial charge < -0.3 is 4.43 Å². The molecular weight excluding hydrogens is 276 g/mol. The van der Waals surface area contributed by atoms with Gasteiger partial charge in [-0.1, -0.05) is 46.3 Å². The lowest BCUT2D eigenvalue weighted by Crippen LogP contribution is -2.45. The van der Waals surface area contributed by atoms with Crippen LogP contribution in [0.15, 0.2) is 23.3 Å². The molecule has 21 heavy (non-hydrogen) atoms. The van der Waals surface area contributed by atoms with Crippen LogP contribution in [0, 0.1) is 5.92 Å². The number of hydrogen-bond acceptors (Lipinski definition) is 2. The van der Waals surface area contributed by atoms with Crippen LogP contribution in [0.3, 0.4) is 0 Å². The van der Waals surface area contributed by atoms with Crippen LogP contribution in [-0.4, -0.2) is 20.7 Å². The number of carbonyl (C=O) groups excluding carboxylic acids is 1. The lowest BCUT2D eigenvalue weighted by Gasteiger charge is -2.40. The van der Waals surface area contributed by atoms with Crippen molar-refractivity contribution >= 4 is 14.6 Å². The van der Waals surface area contributed by atoms with Crippen molar-refractivity contribution in [3.8, 4) is 0 Å². The van der Waals surface area contributed by atoms with Gasteiger partial charge in [-0.05, 0) is 56.0 Å². The highest BCUT2D eigenvalue weighted by Gasteiger charge is 2.39. The second-order valence-electron chi connectivity index (χ2n) is 7.52. The number of rotatable bonds is 7. The van der Waals surface area contributed by atoms with Gasteiger partial charge in [-0.2, -0.15) is 0 Å². The fraction of sp³-hybridized carbons (Fsp3) is 0.722. The van der Waals surface area contributed by atoms with E-state index in [-0.39, 0.29) is 11.1 Å². The Morgan fingerprint density at radius 2 is 1.71 bits per heavy atom. The van der Waals surface area contributed by atoms with Gasteiger partial charge in [0.05, 0.1) is 6.10 Å². The number of allylic oxidation sites excluding steroid dienone is 3. The summed E-state index contributed by atoms with van der Waals surface area (Å²) in [7, 11) is -1.75. The Morgan fingerprint density at radius 3 is 2.10 bits per heavy atom. The predicted octanol–water partition coefficient (Wildman–Crippen LogP) is 5.51. The third-order valence-corrected chi connectivity index (χ3v) is 9.20. The zero-order chi connectivity index (χ0) is 16.8. The smallest absolute Gasteiger partial charge is 0.192 e. The highest BCUT2D eigenvalue weighted by molar-refractivity contribution is 6.74. The molecule has 0 saturated heterocycles. The molecule has 0 radical (unpaired) electrons. The molecule has 0 aromatic heterocycles. The standard InChI is InChI=1S/C18H34O2Si/c1-10-17(20-21(8,9)18(5,6)7)16(4)13-15(3)14(2)11-12-19/h11-13,16-17H,10H2,1-9H3/b14-11+,15-13+/t16-,17+/m1/s1. The average molecular weight is 311 g/mol. The minimum atomic E-state index is -1.75. The lowest BCUT2D eigenvalue weighted by molar-refractivity contribution is -0.104. The van der Waals surface area contributed by atoms with E-state index in [1.807, 2.05) is 6.92 Å². The van der Waals surface area contributed by atoms with Gasteiger partial charge in [-0.15, -0.1) is 0 Å². The maximum atomic E-state index is 10.6. The molecule has 0 aliphatic carbocycles. The third-order valence-electron chi connectivity index (χ3n) is 4.69. The largest absolute Gasteiger partial charge is 0.413 e. The van der Waals surface area contributed by atoms with E-state index in [1.165, 1.54) is 0 Å². The topological polar surface area (TPSA) is 26.3 Å². The minimum Gasteiger partial charge on any atom is -0.413 e. The van der Waals surface area contributed by atoms with E-state index < -0.39 is 8.32 Å². The van der Waals surface area contributed by atoms with Crippen molar-refractivity contribution in [3.05, 3.63) is 23.3 Å². The van der Waals surface area contributed by atoms with Crippen LogP contribution in [0.4, 0.5) is 0 Å². The Bertz CT molecular complexity index is 400. The maximum absolute atomic E-state index is 10.6. The quantitative estimate of drug-likeness (QED) is 0.268. The van der Waals surface area contributed by atoms with Crippen LogP contribution >= 0.6 is 0 Å². The highest BCUT2D eigenvalue weighted by atomic mass is 28.4. The highest BCUT2D eigenvalue weighted by Crippen LogP contribution is 2.38. The fourth-order valence-electron chi connectivity index (χ4n) is 1.98. The molecule has 0 saturated carbocycles. The van der Waals surface area contributed by atoms with Crippen molar-refractivity contribution < 1.29 is 9.22 Å². The molecule has 0 aliphatic rings. The molecule has 122 valence electrons. The van der Waals surface area contributed by atoms with E-state index in [1.54, 1.807) is 6.08 Å². The van der Waals surface area contributed by atoms with Crippen molar-refractivity contribution in [2.45, 2.75) is 79.1 Å². The minimum absolute atomic E-state index is 0.228. The zero-order valence-electron chi connectivity index (χ0n) is 15.4. The normalized spacial score (nSPS) is 17.6. The van der Waals surface area contributed by atoms with Gasteiger partial charge in [0.1, 0.15) is 6.29 Å². The molecular formula is C18H34O2Si. The van der Waals surface area contributed by atoms with E-state index in [0.29, 0.717) is 5.92 Å². The molecule has 0 unspecified atom stereocenters. The third kappa shape index (κ3) is 6.31. The Balaban J connectivity index is 5.10. The van der Waals surface area contributed by atoms with Gasteiger partial charge in [-0.3, -0.25) is 4.79 Å². The van der Waals surface area contributed by atoms with Crippen molar-refractivity contribution in [3.63, 3.8) is 0 Å².